The summed E-state index contributed by atoms with van der Waals surface area (Å²) in [5, 5.41) is 10.7. The van der Waals surface area contributed by atoms with Gasteiger partial charge in [0.2, 0.25) is 5.91 Å². The second-order valence-corrected chi connectivity index (χ2v) is 6.56. The average Bonchev–Trinajstić information content (AvgIpc) is 2.92. The first-order valence-corrected chi connectivity index (χ1v) is 8.65. The van der Waals surface area contributed by atoms with Gasteiger partial charge in [0.05, 0.1) is 6.04 Å². The molecule has 0 spiro atoms. The second-order valence-electron chi connectivity index (χ2n) is 6.56. The maximum atomic E-state index is 12.2. The molecule has 5 nitrogen and oxygen atoms in total. The summed E-state index contributed by atoms with van der Waals surface area (Å²) in [5.41, 5.74) is 3.08. The third kappa shape index (κ3) is 2.79. The predicted octanol–water partition coefficient (Wildman–Crippen LogP) is 3.65. The number of nitrogens with one attached hydrogen (secondary N) is 1. The molecule has 2 aromatic rings. The minimum atomic E-state index is -0.929. The molecule has 24 heavy (non-hydrogen) atoms. The van der Waals surface area contributed by atoms with Gasteiger partial charge >= 0.3 is 5.97 Å². The summed E-state index contributed by atoms with van der Waals surface area (Å²) < 4.78 is 0. The summed E-state index contributed by atoms with van der Waals surface area (Å²) in [5.74, 6) is -1.10. The van der Waals surface area contributed by atoms with Crippen molar-refractivity contribution in [3.05, 3.63) is 35.5 Å². The van der Waals surface area contributed by atoms with Gasteiger partial charge < -0.3 is 15.0 Å². The van der Waals surface area contributed by atoms with Gasteiger partial charge in [-0.1, -0.05) is 44.4 Å². The molecule has 128 valence electrons. The highest BCUT2D eigenvalue weighted by atomic mass is 16.4. The first kappa shape index (κ1) is 16.6. The molecule has 0 fully saturated rings. The Labute approximate surface area is 141 Å². The molecular weight excluding hydrogens is 304 g/mol. The molecule has 1 aliphatic rings. The molecule has 0 bridgehead atoms. The highest BCUT2D eigenvalue weighted by Crippen LogP contribution is 2.39. The second kappa shape index (κ2) is 6.67. The molecule has 0 saturated carbocycles. The number of carboxylic acids is 1. The number of carbonyl (C=O) groups is 2. The van der Waals surface area contributed by atoms with Gasteiger partial charge in [0, 0.05) is 29.9 Å². The number of carbonyl (C=O) groups excluding carboxylic acids is 1. The van der Waals surface area contributed by atoms with Crippen molar-refractivity contribution < 1.29 is 14.7 Å². The van der Waals surface area contributed by atoms with E-state index in [9.17, 15) is 14.7 Å². The number of nitrogens with zero attached hydrogens (tertiary/aromatic N) is 1. The van der Waals surface area contributed by atoms with Crippen LogP contribution in [0.5, 0.6) is 0 Å². The molecule has 3 rings (SSSR count). The lowest BCUT2D eigenvalue weighted by Crippen LogP contribution is -2.50. The Morgan fingerprint density at radius 2 is 2.04 bits per heavy atom. The number of aromatic amines is 1. The molecule has 2 atom stereocenters. The van der Waals surface area contributed by atoms with Crippen LogP contribution >= 0.6 is 0 Å². The van der Waals surface area contributed by atoms with Gasteiger partial charge in [-0.25, -0.2) is 4.79 Å². The largest absolute Gasteiger partial charge is 0.480 e. The lowest BCUT2D eigenvalue weighted by molar-refractivity contribution is -0.152. The van der Waals surface area contributed by atoms with Gasteiger partial charge in [-0.2, -0.15) is 0 Å². The SMILES string of the molecule is CCCCCC1c2[nH]c3ccccc3c2CC(C(=O)O)N1C(C)=O. The molecule has 1 aromatic heterocycles. The zero-order valence-electron chi connectivity index (χ0n) is 14.2. The zero-order valence-corrected chi connectivity index (χ0v) is 14.2. The zero-order chi connectivity index (χ0) is 17.3. The Bertz CT molecular complexity index is 765. The van der Waals surface area contributed by atoms with Crippen LogP contribution in [0.4, 0.5) is 0 Å². The molecule has 0 radical (unpaired) electrons. The summed E-state index contributed by atoms with van der Waals surface area (Å²) >= 11 is 0. The van der Waals surface area contributed by atoms with Gasteiger partial charge in [0.15, 0.2) is 0 Å². The maximum absolute atomic E-state index is 12.2. The van der Waals surface area contributed by atoms with E-state index < -0.39 is 12.0 Å². The number of hydrogen-bond donors (Lipinski definition) is 2. The third-order valence-electron chi connectivity index (χ3n) is 4.98. The van der Waals surface area contributed by atoms with E-state index in [2.05, 4.69) is 11.9 Å². The fraction of sp³-hybridized carbons (Fsp3) is 0.474. The van der Waals surface area contributed by atoms with Crippen LogP contribution in [-0.2, 0) is 16.0 Å². The van der Waals surface area contributed by atoms with Crippen LogP contribution in [0, 0.1) is 0 Å². The van der Waals surface area contributed by atoms with Crippen molar-refractivity contribution >= 4 is 22.8 Å². The summed E-state index contributed by atoms with van der Waals surface area (Å²) in [6, 6.07) is 6.98. The van der Waals surface area contributed by atoms with Crippen LogP contribution in [0.25, 0.3) is 10.9 Å². The van der Waals surface area contributed by atoms with Gasteiger partial charge in [0.25, 0.3) is 0 Å². The third-order valence-corrected chi connectivity index (χ3v) is 4.98. The molecule has 0 aliphatic carbocycles. The molecular formula is C19H24N2O3. The average molecular weight is 328 g/mol. The van der Waals surface area contributed by atoms with Crippen LogP contribution in [-0.4, -0.2) is 32.9 Å². The summed E-state index contributed by atoms with van der Waals surface area (Å²) in [6.45, 7) is 3.61. The van der Waals surface area contributed by atoms with E-state index in [1.165, 1.54) is 6.92 Å². The van der Waals surface area contributed by atoms with E-state index in [4.69, 9.17) is 0 Å². The number of aromatic nitrogens is 1. The number of rotatable bonds is 5. The van der Waals surface area contributed by atoms with Crippen LogP contribution in [0.3, 0.4) is 0 Å². The number of unbranched alkanes of at least 4 members (excludes halogenated alkanes) is 2. The molecule has 1 aromatic carbocycles. The molecule has 2 N–H and O–H groups in total. The standard InChI is InChI=1S/C19H24N2O3/c1-3-4-5-10-16-18-14(13-8-6-7-9-15(13)20-18)11-17(19(23)24)21(16)12(2)22/h6-9,16-17,20H,3-5,10-11H2,1-2H3,(H,23,24). The topological polar surface area (TPSA) is 73.4 Å². The molecule has 5 heteroatoms. The van der Waals surface area contributed by atoms with Gasteiger partial charge in [0.1, 0.15) is 6.04 Å². The van der Waals surface area contributed by atoms with E-state index >= 15 is 0 Å². The van der Waals surface area contributed by atoms with Crippen LogP contribution < -0.4 is 0 Å². The number of aliphatic carboxylic acids is 1. The van der Waals surface area contributed by atoms with Crippen molar-refractivity contribution in [1.29, 1.82) is 0 Å². The van der Waals surface area contributed by atoms with Crippen molar-refractivity contribution in [2.24, 2.45) is 0 Å². The van der Waals surface area contributed by atoms with Crippen molar-refractivity contribution in [1.82, 2.24) is 9.88 Å². The number of para-hydroxylation sites is 1. The Morgan fingerprint density at radius 3 is 2.71 bits per heavy atom. The first-order chi connectivity index (χ1) is 11.5. The lowest BCUT2D eigenvalue weighted by Gasteiger charge is -2.39. The van der Waals surface area contributed by atoms with Gasteiger partial charge in [-0.15, -0.1) is 0 Å². The van der Waals surface area contributed by atoms with Gasteiger partial charge in [-0.3, -0.25) is 4.79 Å². The van der Waals surface area contributed by atoms with E-state index in [1.807, 2.05) is 24.3 Å². The fourth-order valence-electron chi connectivity index (χ4n) is 3.89. The Balaban J connectivity index is 2.10. The quantitative estimate of drug-likeness (QED) is 0.823. The van der Waals surface area contributed by atoms with Crippen LogP contribution in [0.15, 0.2) is 24.3 Å². The van der Waals surface area contributed by atoms with Crippen molar-refractivity contribution in [2.45, 2.75) is 58.0 Å². The minimum absolute atomic E-state index is 0.173. The molecule has 1 aliphatic heterocycles. The van der Waals surface area contributed by atoms with E-state index in [0.29, 0.717) is 6.42 Å². The molecule has 2 unspecified atom stereocenters. The number of hydrogen-bond acceptors (Lipinski definition) is 2. The van der Waals surface area contributed by atoms with Crippen molar-refractivity contribution in [2.75, 3.05) is 0 Å². The van der Waals surface area contributed by atoms with E-state index in [1.54, 1.807) is 4.90 Å². The van der Waals surface area contributed by atoms with Crippen molar-refractivity contribution in [3.63, 3.8) is 0 Å². The molecule has 1 amide bonds. The number of H-pyrrole nitrogens is 1. The van der Waals surface area contributed by atoms with Crippen LogP contribution in [0.1, 0.15) is 56.8 Å². The smallest absolute Gasteiger partial charge is 0.326 e. The monoisotopic (exact) mass is 328 g/mol. The Kier molecular flexibility index (Phi) is 4.60. The molecule has 2 heterocycles. The lowest BCUT2D eigenvalue weighted by atomic mass is 9.89. The first-order valence-electron chi connectivity index (χ1n) is 8.65. The normalized spacial score (nSPS) is 20.2. The number of fused-ring (bicyclic) bond motifs is 3. The summed E-state index contributed by atoms with van der Waals surface area (Å²) in [4.78, 5) is 29.1. The summed E-state index contributed by atoms with van der Waals surface area (Å²) in [6.07, 6.45) is 4.30. The predicted molar refractivity (Wildman–Crippen MR) is 92.8 cm³/mol. The highest BCUT2D eigenvalue weighted by molar-refractivity contribution is 5.89. The number of amides is 1. The van der Waals surface area contributed by atoms with Gasteiger partial charge in [-0.05, 0) is 18.1 Å². The Morgan fingerprint density at radius 1 is 1.29 bits per heavy atom. The van der Waals surface area contributed by atoms with E-state index in [-0.39, 0.29) is 11.9 Å². The Hall–Kier alpha value is -2.30. The van der Waals surface area contributed by atoms with Crippen LogP contribution in [0.2, 0.25) is 0 Å². The highest BCUT2D eigenvalue weighted by Gasteiger charge is 2.41. The van der Waals surface area contributed by atoms with E-state index in [0.717, 1.165) is 47.8 Å². The number of benzene rings is 1. The van der Waals surface area contributed by atoms with Crippen molar-refractivity contribution in [3.8, 4) is 0 Å². The maximum Gasteiger partial charge on any atom is 0.326 e. The minimum Gasteiger partial charge on any atom is -0.480 e. The fourth-order valence-corrected chi connectivity index (χ4v) is 3.89. The number of carboxylic acid groups (broad SMARTS) is 1. The molecule has 0 saturated heterocycles. The summed E-state index contributed by atoms with van der Waals surface area (Å²) in [7, 11) is 0.